The second-order valence-corrected chi connectivity index (χ2v) is 3.24. The van der Waals surface area contributed by atoms with Crippen molar-refractivity contribution in [3.8, 4) is 0 Å². The van der Waals surface area contributed by atoms with Crippen molar-refractivity contribution in [2.45, 2.75) is 31.8 Å². The molecule has 1 aliphatic rings. The van der Waals surface area contributed by atoms with Crippen molar-refractivity contribution in [2.24, 2.45) is 5.92 Å². The molecule has 1 fully saturated rings. The van der Waals surface area contributed by atoms with E-state index in [4.69, 9.17) is 9.84 Å². The Labute approximate surface area is 70.5 Å². The number of alkyl halides is 2. The Kier molecular flexibility index (Phi) is 3.01. The molecule has 1 aliphatic heterocycles. The first kappa shape index (κ1) is 9.86. The lowest BCUT2D eigenvalue weighted by molar-refractivity contribution is -0.160. The van der Waals surface area contributed by atoms with E-state index in [0.29, 0.717) is 26.1 Å². The molecule has 0 bridgehead atoms. The molecule has 2 nitrogen and oxygen atoms in total. The Morgan fingerprint density at radius 2 is 1.92 bits per heavy atom. The minimum absolute atomic E-state index is 0.345. The van der Waals surface area contributed by atoms with Crippen LogP contribution < -0.4 is 0 Å². The molecule has 0 amide bonds. The Morgan fingerprint density at radius 3 is 2.33 bits per heavy atom. The number of aliphatic hydroxyl groups is 1. The SMILES string of the molecule is CC(O)C(F)(F)C1CCOCC1. The summed E-state index contributed by atoms with van der Waals surface area (Å²) in [7, 11) is 0. The summed E-state index contributed by atoms with van der Waals surface area (Å²) in [6.07, 6.45) is -0.865. The van der Waals surface area contributed by atoms with Crippen molar-refractivity contribution >= 4 is 0 Å². The number of halogens is 2. The van der Waals surface area contributed by atoms with E-state index in [0.717, 1.165) is 6.92 Å². The standard InChI is InChI=1S/C8H14F2O2/c1-6(11)8(9,10)7-2-4-12-5-3-7/h6-7,11H,2-5H2,1H3. The van der Waals surface area contributed by atoms with Crippen LogP contribution in [0.2, 0.25) is 0 Å². The second-order valence-electron chi connectivity index (χ2n) is 3.24. The maximum atomic E-state index is 13.1. The Bertz CT molecular complexity index is 142. The van der Waals surface area contributed by atoms with Crippen LogP contribution in [0.15, 0.2) is 0 Å². The molecular formula is C8H14F2O2. The zero-order valence-corrected chi connectivity index (χ0v) is 7.09. The Hall–Kier alpha value is -0.220. The smallest absolute Gasteiger partial charge is 0.276 e. The van der Waals surface area contributed by atoms with E-state index in [9.17, 15) is 8.78 Å². The van der Waals surface area contributed by atoms with Crippen molar-refractivity contribution in [1.29, 1.82) is 0 Å². The molecule has 0 aliphatic carbocycles. The molecule has 1 rings (SSSR count). The van der Waals surface area contributed by atoms with Crippen molar-refractivity contribution in [1.82, 2.24) is 0 Å². The molecule has 0 aromatic heterocycles. The van der Waals surface area contributed by atoms with Gasteiger partial charge in [-0.15, -0.1) is 0 Å². The first-order chi connectivity index (χ1) is 5.55. The van der Waals surface area contributed by atoms with Gasteiger partial charge in [-0.25, -0.2) is 8.78 Å². The largest absolute Gasteiger partial charge is 0.387 e. The number of hydrogen-bond donors (Lipinski definition) is 1. The first-order valence-electron chi connectivity index (χ1n) is 4.18. The van der Waals surface area contributed by atoms with E-state index < -0.39 is 17.9 Å². The average Bonchev–Trinajstić information content (AvgIpc) is 2.06. The fourth-order valence-corrected chi connectivity index (χ4v) is 1.42. The van der Waals surface area contributed by atoms with Crippen LogP contribution in [0.1, 0.15) is 19.8 Å². The number of rotatable bonds is 2. The van der Waals surface area contributed by atoms with Gasteiger partial charge < -0.3 is 9.84 Å². The summed E-state index contributed by atoms with van der Waals surface area (Å²) in [5.74, 6) is -3.67. The second kappa shape index (κ2) is 3.66. The van der Waals surface area contributed by atoms with E-state index in [1.807, 2.05) is 0 Å². The fraction of sp³-hybridized carbons (Fsp3) is 1.00. The van der Waals surface area contributed by atoms with Gasteiger partial charge in [0.15, 0.2) is 0 Å². The molecule has 72 valence electrons. The molecule has 0 aromatic rings. The van der Waals surface area contributed by atoms with Crippen LogP contribution in [0.5, 0.6) is 0 Å². The summed E-state index contributed by atoms with van der Waals surface area (Å²) in [6, 6.07) is 0. The molecule has 1 atom stereocenters. The summed E-state index contributed by atoms with van der Waals surface area (Å²) in [6.45, 7) is 1.90. The maximum absolute atomic E-state index is 13.1. The van der Waals surface area contributed by atoms with Crippen LogP contribution in [0.3, 0.4) is 0 Å². The zero-order valence-electron chi connectivity index (χ0n) is 7.09. The average molecular weight is 180 g/mol. The van der Waals surface area contributed by atoms with Gasteiger partial charge in [0.05, 0.1) is 0 Å². The van der Waals surface area contributed by atoms with Gasteiger partial charge in [-0.05, 0) is 19.8 Å². The predicted molar refractivity (Wildman–Crippen MR) is 40.2 cm³/mol. The molecule has 1 heterocycles. The van der Waals surface area contributed by atoms with Crippen molar-refractivity contribution in [3.05, 3.63) is 0 Å². The van der Waals surface area contributed by atoms with Gasteiger partial charge in [0.25, 0.3) is 5.92 Å². The van der Waals surface area contributed by atoms with Gasteiger partial charge in [0.1, 0.15) is 6.10 Å². The monoisotopic (exact) mass is 180 g/mol. The van der Waals surface area contributed by atoms with Gasteiger partial charge in [-0.1, -0.05) is 0 Å². The first-order valence-corrected chi connectivity index (χ1v) is 4.18. The Morgan fingerprint density at radius 1 is 1.42 bits per heavy atom. The quantitative estimate of drug-likeness (QED) is 0.696. The lowest BCUT2D eigenvalue weighted by atomic mass is 9.90. The lowest BCUT2D eigenvalue weighted by Crippen LogP contribution is -2.41. The summed E-state index contributed by atoms with van der Waals surface area (Å²) < 4.78 is 31.2. The zero-order chi connectivity index (χ0) is 9.19. The predicted octanol–water partition coefficient (Wildman–Crippen LogP) is 1.43. The van der Waals surface area contributed by atoms with E-state index >= 15 is 0 Å². The van der Waals surface area contributed by atoms with Crippen LogP contribution >= 0.6 is 0 Å². The van der Waals surface area contributed by atoms with Gasteiger partial charge in [0.2, 0.25) is 0 Å². The molecule has 1 N–H and O–H groups in total. The van der Waals surface area contributed by atoms with Crippen LogP contribution in [0.4, 0.5) is 8.78 Å². The summed E-state index contributed by atoms with van der Waals surface area (Å²) in [4.78, 5) is 0. The highest BCUT2D eigenvalue weighted by atomic mass is 19.3. The fourth-order valence-electron chi connectivity index (χ4n) is 1.42. The number of ether oxygens (including phenoxy) is 1. The van der Waals surface area contributed by atoms with Crippen LogP contribution in [-0.2, 0) is 4.74 Å². The molecule has 0 aromatic carbocycles. The van der Waals surface area contributed by atoms with Gasteiger partial charge in [0, 0.05) is 19.1 Å². The Balaban J connectivity index is 2.53. The van der Waals surface area contributed by atoms with Crippen molar-refractivity contribution in [2.75, 3.05) is 13.2 Å². The molecule has 0 radical (unpaired) electrons. The van der Waals surface area contributed by atoms with Crippen LogP contribution in [-0.4, -0.2) is 30.3 Å². The summed E-state index contributed by atoms with van der Waals surface area (Å²) in [5, 5.41) is 8.84. The summed E-state index contributed by atoms with van der Waals surface area (Å²) in [5.41, 5.74) is 0. The molecule has 0 spiro atoms. The van der Waals surface area contributed by atoms with Crippen LogP contribution in [0, 0.1) is 5.92 Å². The third-order valence-electron chi connectivity index (χ3n) is 2.32. The topological polar surface area (TPSA) is 29.5 Å². The van der Waals surface area contributed by atoms with Crippen LogP contribution in [0.25, 0.3) is 0 Å². The highest BCUT2D eigenvalue weighted by Gasteiger charge is 2.44. The lowest BCUT2D eigenvalue weighted by Gasteiger charge is -2.31. The minimum atomic E-state index is -2.95. The molecule has 4 heteroatoms. The van der Waals surface area contributed by atoms with E-state index in [2.05, 4.69) is 0 Å². The normalized spacial score (nSPS) is 24.0. The van der Waals surface area contributed by atoms with Crippen molar-refractivity contribution in [3.63, 3.8) is 0 Å². The highest BCUT2D eigenvalue weighted by molar-refractivity contribution is 4.83. The summed E-state index contributed by atoms with van der Waals surface area (Å²) >= 11 is 0. The molecule has 1 saturated heterocycles. The van der Waals surface area contributed by atoms with Gasteiger partial charge in [-0.3, -0.25) is 0 Å². The molecule has 0 saturated carbocycles. The molecule has 1 unspecified atom stereocenters. The van der Waals surface area contributed by atoms with Gasteiger partial charge in [-0.2, -0.15) is 0 Å². The van der Waals surface area contributed by atoms with Crippen molar-refractivity contribution < 1.29 is 18.6 Å². The molecule has 12 heavy (non-hydrogen) atoms. The highest BCUT2D eigenvalue weighted by Crippen LogP contribution is 2.34. The van der Waals surface area contributed by atoms with E-state index in [1.54, 1.807) is 0 Å². The number of hydrogen-bond acceptors (Lipinski definition) is 2. The van der Waals surface area contributed by atoms with Gasteiger partial charge >= 0.3 is 0 Å². The maximum Gasteiger partial charge on any atom is 0.276 e. The third-order valence-corrected chi connectivity index (χ3v) is 2.32. The number of aliphatic hydroxyl groups excluding tert-OH is 1. The van der Waals surface area contributed by atoms with E-state index in [-0.39, 0.29) is 0 Å². The minimum Gasteiger partial charge on any atom is -0.387 e. The van der Waals surface area contributed by atoms with E-state index in [1.165, 1.54) is 0 Å². The third kappa shape index (κ3) is 1.93. The molecular weight excluding hydrogens is 166 g/mol.